The lowest BCUT2D eigenvalue weighted by atomic mass is 10.2. The summed E-state index contributed by atoms with van der Waals surface area (Å²) in [5.74, 6) is -0.360. The predicted molar refractivity (Wildman–Crippen MR) is 106 cm³/mol. The van der Waals surface area contributed by atoms with Crippen molar-refractivity contribution < 1.29 is 28.6 Å². The van der Waals surface area contributed by atoms with Crippen LogP contribution < -0.4 is 20.1 Å². The molecule has 0 saturated carbocycles. The molecule has 0 unspecified atom stereocenters. The number of amides is 3. The van der Waals surface area contributed by atoms with Crippen molar-refractivity contribution in [2.45, 2.75) is 26.7 Å². The number of aromatic nitrogens is 1. The van der Waals surface area contributed by atoms with Gasteiger partial charge in [0.1, 0.15) is 5.69 Å². The normalized spacial score (nSPS) is 10.1. The van der Waals surface area contributed by atoms with Crippen LogP contribution in [0.15, 0.2) is 36.5 Å². The zero-order valence-electron chi connectivity index (χ0n) is 16.4. The molecule has 0 atom stereocenters. The summed E-state index contributed by atoms with van der Waals surface area (Å²) in [6, 6.07) is 7.33. The van der Waals surface area contributed by atoms with E-state index in [0.717, 1.165) is 12.8 Å². The SMILES string of the molecule is CCCOc1ccc(NC(=O)NC(=O)COC(=O)c2ccc[nH]2)cc1OCCC. The van der Waals surface area contributed by atoms with E-state index >= 15 is 0 Å². The average Bonchev–Trinajstić information content (AvgIpc) is 3.24. The first-order chi connectivity index (χ1) is 14.0. The third-order valence-electron chi connectivity index (χ3n) is 3.53. The largest absolute Gasteiger partial charge is 0.490 e. The predicted octanol–water partition coefficient (Wildman–Crippen LogP) is 3.10. The van der Waals surface area contributed by atoms with Crippen molar-refractivity contribution in [2.24, 2.45) is 0 Å². The number of rotatable bonds is 10. The first-order valence-electron chi connectivity index (χ1n) is 9.34. The van der Waals surface area contributed by atoms with E-state index in [9.17, 15) is 14.4 Å². The number of H-pyrrole nitrogens is 1. The van der Waals surface area contributed by atoms with Crippen molar-refractivity contribution in [3.05, 3.63) is 42.2 Å². The van der Waals surface area contributed by atoms with Crippen LogP contribution in [0.5, 0.6) is 11.5 Å². The standard InChI is InChI=1S/C20H25N3O6/c1-3-10-27-16-8-7-14(12-17(16)28-11-4-2)22-20(26)23-18(24)13-29-19(25)15-6-5-9-21-15/h5-9,12,21H,3-4,10-11,13H2,1-2H3,(H2,22,23,24,26). The number of carbonyl (C=O) groups is 3. The highest BCUT2D eigenvalue weighted by molar-refractivity contribution is 6.02. The van der Waals surface area contributed by atoms with Crippen molar-refractivity contribution in [1.29, 1.82) is 0 Å². The monoisotopic (exact) mass is 403 g/mol. The fraction of sp³-hybridized carbons (Fsp3) is 0.350. The summed E-state index contributed by atoms with van der Waals surface area (Å²) < 4.78 is 16.1. The second kappa shape index (κ2) is 11.4. The van der Waals surface area contributed by atoms with Gasteiger partial charge in [0, 0.05) is 18.0 Å². The molecule has 2 rings (SSSR count). The molecule has 0 saturated heterocycles. The van der Waals surface area contributed by atoms with Gasteiger partial charge in [-0.2, -0.15) is 0 Å². The lowest BCUT2D eigenvalue weighted by Crippen LogP contribution is -2.37. The van der Waals surface area contributed by atoms with Crippen LogP contribution in [0.1, 0.15) is 37.2 Å². The molecule has 29 heavy (non-hydrogen) atoms. The number of urea groups is 1. The zero-order chi connectivity index (χ0) is 21.1. The molecule has 0 aliphatic heterocycles. The molecule has 0 aliphatic rings. The van der Waals surface area contributed by atoms with Gasteiger partial charge in [0.15, 0.2) is 18.1 Å². The molecule has 0 bridgehead atoms. The van der Waals surface area contributed by atoms with Crippen LogP contribution in [-0.2, 0) is 9.53 Å². The number of imide groups is 1. The quantitative estimate of drug-likeness (QED) is 0.525. The number of anilines is 1. The molecule has 9 nitrogen and oxygen atoms in total. The lowest BCUT2D eigenvalue weighted by molar-refractivity contribution is -0.123. The maximum absolute atomic E-state index is 12.0. The van der Waals surface area contributed by atoms with Gasteiger partial charge in [-0.25, -0.2) is 9.59 Å². The Balaban J connectivity index is 1.88. The summed E-state index contributed by atoms with van der Waals surface area (Å²) in [4.78, 5) is 38.1. The molecule has 156 valence electrons. The number of aromatic amines is 1. The number of hydrogen-bond donors (Lipinski definition) is 3. The maximum atomic E-state index is 12.0. The molecular formula is C20H25N3O6. The van der Waals surface area contributed by atoms with Gasteiger partial charge in [0.2, 0.25) is 0 Å². The molecule has 1 aromatic carbocycles. The van der Waals surface area contributed by atoms with Gasteiger partial charge in [0.25, 0.3) is 5.91 Å². The maximum Gasteiger partial charge on any atom is 0.355 e. The Morgan fingerprint density at radius 1 is 1.00 bits per heavy atom. The summed E-state index contributed by atoms with van der Waals surface area (Å²) in [7, 11) is 0. The van der Waals surface area contributed by atoms with E-state index in [0.29, 0.717) is 30.4 Å². The number of ether oxygens (including phenoxy) is 3. The molecule has 0 spiro atoms. The Kier molecular flexibility index (Phi) is 8.55. The Bertz CT molecular complexity index is 820. The summed E-state index contributed by atoms with van der Waals surface area (Å²) >= 11 is 0. The topological polar surface area (TPSA) is 119 Å². The second-order valence-corrected chi connectivity index (χ2v) is 6.02. The summed E-state index contributed by atoms with van der Waals surface area (Å²) in [6.45, 7) is 4.45. The highest BCUT2D eigenvalue weighted by Crippen LogP contribution is 2.30. The zero-order valence-corrected chi connectivity index (χ0v) is 16.4. The van der Waals surface area contributed by atoms with E-state index in [4.69, 9.17) is 14.2 Å². The number of esters is 1. The highest BCUT2D eigenvalue weighted by Gasteiger charge is 2.14. The minimum Gasteiger partial charge on any atom is -0.490 e. The molecule has 1 heterocycles. The molecule has 1 aromatic heterocycles. The van der Waals surface area contributed by atoms with E-state index in [1.165, 1.54) is 6.07 Å². The third-order valence-corrected chi connectivity index (χ3v) is 3.53. The molecule has 0 aliphatic carbocycles. The number of benzene rings is 1. The van der Waals surface area contributed by atoms with Crippen LogP contribution in [-0.4, -0.2) is 42.7 Å². The molecular weight excluding hydrogens is 378 g/mol. The van der Waals surface area contributed by atoms with Crippen molar-refractivity contribution in [3.8, 4) is 11.5 Å². The van der Waals surface area contributed by atoms with E-state index in [1.54, 1.807) is 30.5 Å². The third kappa shape index (κ3) is 7.21. The number of carbonyl (C=O) groups excluding carboxylic acids is 3. The first kappa shape index (κ1) is 21.8. The summed E-state index contributed by atoms with van der Waals surface area (Å²) in [6.07, 6.45) is 3.23. The van der Waals surface area contributed by atoms with Gasteiger partial charge < -0.3 is 24.5 Å². The van der Waals surface area contributed by atoms with E-state index in [-0.39, 0.29) is 5.69 Å². The Morgan fingerprint density at radius 2 is 1.72 bits per heavy atom. The van der Waals surface area contributed by atoms with Gasteiger partial charge in [-0.1, -0.05) is 13.8 Å². The smallest absolute Gasteiger partial charge is 0.355 e. The fourth-order valence-electron chi connectivity index (χ4n) is 2.23. The molecule has 9 heteroatoms. The van der Waals surface area contributed by atoms with Crippen LogP contribution in [0.3, 0.4) is 0 Å². The van der Waals surface area contributed by atoms with Crippen molar-refractivity contribution in [3.63, 3.8) is 0 Å². The minimum atomic E-state index is -0.757. The van der Waals surface area contributed by atoms with Gasteiger partial charge in [0.05, 0.1) is 13.2 Å². The number of nitrogens with one attached hydrogen (secondary N) is 3. The van der Waals surface area contributed by atoms with Crippen LogP contribution >= 0.6 is 0 Å². The van der Waals surface area contributed by atoms with Crippen LogP contribution in [0.25, 0.3) is 0 Å². The fourth-order valence-corrected chi connectivity index (χ4v) is 2.23. The molecule has 0 fully saturated rings. The molecule has 0 radical (unpaired) electrons. The minimum absolute atomic E-state index is 0.215. The van der Waals surface area contributed by atoms with Crippen molar-refractivity contribution in [2.75, 3.05) is 25.1 Å². The van der Waals surface area contributed by atoms with Crippen LogP contribution in [0, 0.1) is 0 Å². The Hall–Kier alpha value is -3.49. The van der Waals surface area contributed by atoms with Crippen LogP contribution in [0.4, 0.5) is 10.5 Å². The Morgan fingerprint density at radius 3 is 2.38 bits per heavy atom. The molecule has 3 amide bonds. The van der Waals surface area contributed by atoms with E-state index in [1.807, 2.05) is 13.8 Å². The average molecular weight is 403 g/mol. The first-order valence-corrected chi connectivity index (χ1v) is 9.34. The Labute approximate surface area is 168 Å². The number of hydrogen-bond acceptors (Lipinski definition) is 6. The lowest BCUT2D eigenvalue weighted by Gasteiger charge is -2.14. The van der Waals surface area contributed by atoms with Gasteiger partial charge in [-0.05, 0) is 37.1 Å². The van der Waals surface area contributed by atoms with Gasteiger partial charge in [-0.15, -0.1) is 0 Å². The molecule has 3 N–H and O–H groups in total. The van der Waals surface area contributed by atoms with Crippen LogP contribution in [0.2, 0.25) is 0 Å². The summed E-state index contributed by atoms with van der Waals surface area (Å²) in [5, 5.41) is 4.63. The summed E-state index contributed by atoms with van der Waals surface area (Å²) in [5.41, 5.74) is 0.640. The van der Waals surface area contributed by atoms with Gasteiger partial charge in [-0.3, -0.25) is 10.1 Å². The molecule has 2 aromatic rings. The highest BCUT2D eigenvalue weighted by atomic mass is 16.5. The van der Waals surface area contributed by atoms with E-state index < -0.39 is 24.5 Å². The van der Waals surface area contributed by atoms with Crippen molar-refractivity contribution in [1.82, 2.24) is 10.3 Å². The van der Waals surface area contributed by atoms with Gasteiger partial charge >= 0.3 is 12.0 Å². The van der Waals surface area contributed by atoms with E-state index in [2.05, 4.69) is 15.6 Å². The van der Waals surface area contributed by atoms with Crippen molar-refractivity contribution >= 4 is 23.6 Å². The second-order valence-electron chi connectivity index (χ2n) is 6.02.